The Kier molecular flexibility index (Phi) is 6.78. The Morgan fingerprint density at radius 1 is 1.11 bits per heavy atom. The van der Waals surface area contributed by atoms with E-state index in [1.54, 1.807) is 31.2 Å². The van der Waals surface area contributed by atoms with Crippen LogP contribution < -0.4 is 9.62 Å². The largest absolute Gasteiger partial charge is 0.323 e. The average molecular weight is 429 g/mol. The monoisotopic (exact) mass is 428 g/mol. The lowest BCUT2D eigenvalue weighted by atomic mass is 10.1. The first-order chi connectivity index (χ1) is 12.5. The number of hydrogen-bond acceptors (Lipinski definition) is 3. The third-order valence-corrected chi connectivity index (χ3v) is 6.01. The topological polar surface area (TPSA) is 66.5 Å². The van der Waals surface area contributed by atoms with Crippen LogP contribution in [0.15, 0.2) is 36.4 Å². The van der Waals surface area contributed by atoms with E-state index in [0.717, 1.165) is 21.7 Å². The molecule has 0 aromatic heterocycles. The highest BCUT2D eigenvalue weighted by molar-refractivity contribution is 7.92. The van der Waals surface area contributed by atoms with Crippen molar-refractivity contribution in [2.45, 2.75) is 33.2 Å². The Morgan fingerprint density at radius 3 is 2.33 bits per heavy atom. The lowest BCUT2D eigenvalue weighted by molar-refractivity contribution is -0.117. The van der Waals surface area contributed by atoms with Crippen molar-refractivity contribution in [1.29, 1.82) is 0 Å². The smallest absolute Gasteiger partial charge is 0.248 e. The number of carbonyl (C=O) groups is 1. The van der Waals surface area contributed by atoms with Crippen LogP contribution in [0.4, 0.5) is 11.4 Å². The highest BCUT2D eigenvalue weighted by Crippen LogP contribution is 2.28. The first kappa shape index (κ1) is 21.5. The molecule has 2 aromatic rings. The van der Waals surface area contributed by atoms with Gasteiger partial charge in [0.05, 0.1) is 22.7 Å². The fourth-order valence-corrected chi connectivity index (χ4v) is 4.27. The molecule has 0 heterocycles. The lowest BCUT2D eigenvalue weighted by Crippen LogP contribution is -2.47. The Bertz CT molecular complexity index is 961. The molecule has 2 rings (SSSR count). The van der Waals surface area contributed by atoms with Gasteiger partial charge in [0, 0.05) is 5.02 Å². The summed E-state index contributed by atoms with van der Waals surface area (Å²) in [5, 5.41) is 3.42. The second kappa shape index (κ2) is 8.50. The van der Waals surface area contributed by atoms with Crippen LogP contribution in [0.2, 0.25) is 10.0 Å². The van der Waals surface area contributed by atoms with Gasteiger partial charge in [0.2, 0.25) is 15.9 Å². The summed E-state index contributed by atoms with van der Waals surface area (Å²) in [6.07, 6.45) is 1.37. The first-order valence-corrected chi connectivity index (χ1v) is 11.0. The molecular weight excluding hydrogens is 407 g/mol. The number of aryl methyl sites for hydroxylation is 2. The minimum Gasteiger partial charge on any atom is -0.323 e. The predicted octanol–water partition coefficient (Wildman–Crippen LogP) is 4.79. The fraction of sp³-hybridized carbons (Fsp3) is 0.316. The van der Waals surface area contributed by atoms with E-state index >= 15 is 0 Å². The zero-order valence-corrected chi connectivity index (χ0v) is 17.9. The maximum Gasteiger partial charge on any atom is 0.248 e. The van der Waals surface area contributed by atoms with Crippen molar-refractivity contribution in [2.75, 3.05) is 15.9 Å². The quantitative estimate of drug-likeness (QED) is 0.718. The van der Waals surface area contributed by atoms with Gasteiger partial charge in [-0.05, 0) is 61.7 Å². The van der Waals surface area contributed by atoms with Gasteiger partial charge in [-0.1, -0.05) is 36.2 Å². The van der Waals surface area contributed by atoms with Crippen LogP contribution in [0, 0.1) is 13.8 Å². The third-order valence-electron chi connectivity index (χ3n) is 4.26. The minimum absolute atomic E-state index is 0.282. The number of rotatable bonds is 6. The van der Waals surface area contributed by atoms with E-state index in [1.165, 1.54) is 6.07 Å². The van der Waals surface area contributed by atoms with Gasteiger partial charge < -0.3 is 5.32 Å². The second-order valence-corrected chi connectivity index (χ2v) is 9.07. The van der Waals surface area contributed by atoms with Crippen LogP contribution in [-0.2, 0) is 14.8 Å². The van der Waals surface area contributed by atoms with Gasteiger partial charge in [0.1, 0.15) is 6.04 Å². The van der Waals surface area contributed by atoms with Gasteiger partial charge >= 0.3 is 0 Å². The highest BCUT2D eigenvalue weighted by atomic mass is 35.5. The molecule has 0 bridgehead atoms. The van der Waals surface area contributed by atoms with E-state index in [-0.39, 0.29) is 6.42 Å². The standard InChI is InChI=1S/C19H22Cl2N2O3S/c1-5-18(19(24)22-17-11-14(20)7-9-16(17)21)23(27(4,25)26)15-8-6-12(2)13(3)10-15/h6-11,18H,5H2,1-4H3,(H,22,24). The van der Waals surface area contributed by atoms with Crippen LogP contribution in [0.25, 0.3) is 0 Å². The Hall–Kier alpha value is -1.76. The number of benzene rings is 2. The van der Waals surface area contributed by atoms with E-state index < -0.39 is 22.0 Å². The summed E-state index contributed by atoms with van der Waals surface area (Å²) in [6.45, 7) is 5.59. The van der Waals surface area contributed by atoms with Crippen molar-refractivity contribution in [3.05, 3.63) is 57.6 Å². The van der Waals surface area contributed by atoms with Crippen molar-refractivity contribution < 1.29 is 13.2 Å². The molecule has 2 aromatic carbocycles. The minimum atomic E-state index is -3.70. The van der Waals surface area contributed by atoms with Gasteiger partial charge in [-0.15, -0.1) is 0 Å². The van der Waals surface area contributed by atoms with Gasteiger partial charge in [0.15, 0.2) is 0 Å². The number of nitrogens with one attached hydrogen (secondary N) is 1. The molecule has 146 valence electrons. The molecule has 1 N–H and O–H groups in total. The molecule has 0 aliphatic heterocycles. The molecule has 0 aliphatic rings. The summed E-state index contributed by atoms with van der Waals surface area (Å²) in [5.41, 5.74) is 2.76. The zero-order valence-electron chi connectivity index (χ0n) is 15.6. The van der Waals surface area contributed by atoms with Crippen LogP contribution in [-0.4, -0.2) is 26.6 Å². The summed E-state index contributed by atoms with van der Waals surface area (Å²) in [6, 6.07) is 9.06. The molecule has 5 nitrogen and oxygen atoms in total. The highest BCUT2D eigenvalue weighted by Gasteiger charge is 2.32. The molecule has 0 saturated carbocycles. The van der Waals surface area contributed by atoms with E-state index in [9.17, 15) is 13.2 Å². The molecule has 0 spiro atoms. The number of nitrogens with zero attached hydrogens (tertiary/aromatic N) is 1. The normalized spacial score (nSPS) is 12.5. The van der Waals surface area contributed by atoms with Crippen molar-refractivity contribution >= 4 is 50.5 Å². The third kappa shape index (κ3) is 5.15. The van der Waals surface area contributed by atoms with Crippen molar-refractivity contribution in [1.82, 2.24) is 0 Å². The molecule has 0 saturated heterocycles. The Balaban J connectivity index is 2.44. The number of amides is 1. The van der Waals surface area contributed by atoms with Crippen molar-refractivity contribution in [3.63, 3.8) is 0 Å². The lowest BCUT2D eigenvalue weighted by Gasteiger charge is -2.30. The summed E-state index contributed by atoms with van der Waals surface area (Å²) in [7, 11) is -3.70. The predicted molar refractivity (Wildman–Crippen MR) is 112 cm³/mol. The summed E-state index contributed by atoms with van der Waals surface area (Å²) < 4.78 is 26.2. The Labute approximate surface area is 170 Å². The molecule has 27 heavy (non-hydrogen) atoms. The molecule has 1 atom stereocenters. The number of halogens is 2. The maximum absolute atomic E-state index is 12.9. The molecular formula is C19H22Cl2N2O3S. The van der Waals surface area contributed by atoms with Gasteiger partial charge in [-0.2, -0.15) is 0 Å². The molecule has 0 fully saturated rings. The maximum atomic E-state index is 12.9. The summed E-state index contributed by atoms with van der Waals surface area (Å²) in [4.78, 5) is 12.9. The summed E-state index contributed by atoms with van der Waals surface area (Å²) >= 11 is 12.1. The Morgan fingerprint density at radius 2 is 1.78 bits per heavy atom. The van der Waals surface area contributed by atoms with Crippen LogP contribution in [0.5, 0.6) is 0 Å². The number of sulfonamides is 1. The number of hydrogen-bond donors (Lipinski definition) is 1. The van der Waals surface area contributed by atoms with E-state index in [1.807, 2.05) is 19.9 Å². The first-order valence-electron chi connectivity index (χ1n) is 8.37. The number of anilines is 2. The van der Waals surface area contributed by atoms with Crippen LogP contribution in [0.3, 0.4) is 0 Å². The summed E-state index contributed by atoms with van der Waals surface area (Å²) in [5.74, 6) is -0.481. The fourth-order valence-electron chi connectivity index (χ4n) is 2.73. The average Bonchev–Trinajstić information content (AvgIpc) is 2.57. The number of carbonyl (C=O) groups excluding carboxylic acids is 1. The van der Waals surface area contributed by atoms with E-state index in [4.69, 9.17) is 23.2 Å². The molecule has 1 amide bonds. The van der Waals surface area contributed by atoms with Crippen molar-refractivity contribution in [3.8, 4) is 0 Å². The van der Waals surface area contributed by atoms with Crippen molar-refractivity contribution in [2.24, 2.45) is 0 Å². The molecule has 0 radical (unpaired) electrons. The van der Waals surface area contributed by atoms with E-state index in [0.29, 0.717) is 21.4 Å². The van der Waals surface area contributed by atoms with Gasteiger partial charge in [-0.3, -0.25) is 9.10 Å². The SMILES string of the molecule is CCC(C(=O)Nc1cc(Cl)ccc1Cl)N(c1ccc(C)c(C)c1)S(C)(=O)=O. The zero-order chi connectivity index (χ0) is 20.4. The van der Waals surface area contributed by atoms with Gasteiger partial charge in [-0.25, -0.2) is 8.42 Å². The van der Waals surface area contributed by atoms with Gasteiger partial charge in [0.25, 0.3) is 0 Å². The molecule has 1 unspecified atom stereocenters. The molecule has 8 heteroatoms. The molecule has 0 aliphatic carbocycles. The second-order valence-electron chi connectivity index (χ2n) is 6.36. The van der Waals surface area contributed by atoms with E-state index in [2.05, 4.69) is 5.32 Å². The van der Waals surface area contributed by atoms with Crippen LogP contribution >= 0.6 is 23.2 Å². The van der Waals surface area contributed by atoms with Crippen LogP contribution in [0.1, 0.15) is 24.5 Å².